The molecule has 0 spiro atoms. The van der Waals surface area contributed by atoms with Crippen molar-refractivity contribution in [1.82, 2.24) is 5.32 Å². The minimum atomic E-state index is -4.53. The Labute approximate surface area is 146 Å². The number of carbonyl (C=O) groups is 2. The third-order valence-corrected chi connectivity index (χ3v) is 4.10. The first-order chi connectivity index (χ1) is 11.7. The average molecular weight is 372 g/mol. The molecule has 2 N–H and O–H groups in total. The average Bonchev–Trinajstić information content (AvgIpc) is 2.93. The van der Waals surface area contributed by atoms with Gasteiger partial charge in [0, 0.05) is 11.4 Å². The molecule has 1 aliphatic heterocycles. The summed E-state index contributed by atoms with van der Waals surface area (Å²) in [5.41, 5.74) is -0.543. The Morgan fingerprint density at radius 3 is 2.60 bits per heavy atom. The molecular formula is C15H15F3N4O2S. The highest BCUT2D eigenvalue weighted by Gasteiger charge is 2.35. The van der Waals surface area contributed by atoms with E-state index in [2.05, 4.69) is 20.8 Å². The monoisotopic (exact) mass is 372 g/mol. The van der Waals surface area contributed by atoms with Crippen LogP contribution in [0.2, 0.25) is 0 Å². The molecule has 10 heteroatoms. The van der Waals surface area contributed by atoms with E-state index in [1.54, 1.807) is 13.8 Å². The van der Waals surface area contributed by atoms with Crippen LogP contribution in [0.4, 0.5) is 18.9 Å². The van der Waals surface area contributed by atoms with Crippen molar-refractivity contribution in [2.75, 3.05) is 11.2 Å². The van der Waals surface area contributed by atoms with Crippen molar-refractivity contribution in [1.29, 1.82) is 0 Å². The van der Waals surface area contributed by atoms with Crippen LogP contribution in [0.5, 0.6) is 0 Å². The van der Waals surface area contributed by atoms with Gasteiger partial charge >= 0.3 is 6.18 Å². The highest BCUT2D eigenvalue weighted by Crippen LogP contribution is 2.30. The molecule has 0 saturated carbocycles. The third kappa shape index (κ3) is 5.05. The Bertz CT molecular complexity index is 743. The lowest BCUT2D eigenvalue weighted by atomic mass is 10.1. The summed E-state index contributed by atoms with van der Waals surface area (Å²) in [4.78, 5) is 24.2. The Hall–Kier alpha value is -2.36. The van der Waals surface area contributed by atoms with Crippen molar-refractivity contribution >= 4 is 40.7 Å². The van der Waals surface area contributed by atoms with Crippen LogP contribution in [0, 0.1) is 0 Å². The number of hydrogen-bond donors (Lipinski definition) is 2. The SMILES string of the molecule is CC(C)=N/N=C(/C(=O)Nc1cccc(C(F)(F)F)c1)C1SCNC1=O. The normalized spacial score (nSPS) is 17.9. The van der Waals surface area contributed by atoms with Crippen LogP contribution in [-0.4, -0.2) is 34.4 Å². The molecule has 1 aromatic rings. The summed E-state index contributed by atoms with van der Waals surface area (Å²) in [7, 11) is 0. The van der Waals surface area contributed by atoms with Crippen LogP contribution in [-0.2, 0) is 15.8 Å². The first-order valence-electron chi connectivity index (χ1n) is 7.15. The largest absolute Gasteiger partial charge is 0.416 e. The standard InChI is InChI=1S/C15H15F3N4O2S/c1-8(2)21-22-11(12-14(24)19-7-25-12)13(23)20-10-5-3-4-9(6-10)15(16,17)18/h3-6,12H,7H2,1-2H3,(H,19,24)(H,20,23)/b22-11+. The Morgan fingerprint density at radius 2 is 2.04 bits per heavy atom. The molecule has 2 rings (SSSR count). The van der Waals surface area contributed by atoms with E-state index in [-0.39, 0.29) is 11.4 Å². The van der Waals surface area contributed by atoms with Gasteiger partial charge in [-0.2, -0.15) is 18.3 Å². The van der Waals surface area contributed by atoms with Gasteiger partial charge in [0.15, 0.2) is 5.71 Å². The lowest BCUT2D eigenvalue weighted by molar-refractivity contribution is -0.137. The second kappa shape index (κ2) is 7.68. The fourth-order valence-electron chi connectivity index (χ4n) is 1.91. The van der Waals surface area contributed by atoms with Crippen molar-refractivity contribution in [2.24, 2.45) is 10.2 Å². The van der Waals surface area contributed by atoms with Gasteiger partial charge in [-0.05, 0) is 32.0 Å². The third-order valence-electron chi connectivity index (χ3n) is 3.02. The number of rotatable bonds is 4. The van der Waals surface area contributed by atoms with E-state index < -0.39 is 28.8 Å². The summed E-state index contributed by atoms with van der Waals surface area (Å²) in [6, 6.07) is 4.21. The van der Waals surface area contributed by atoms with Crippen LogP contribution in [0.25, 0.3) is 0 Å². The van der Waals surface area contributed by atoms with E-state index in [1.807, 2.05) is 0 Å². The van der Waals surface area contributed by atoms with E-state index in [1.165, 1.54) is 12.1 Å². The van der Waals surface area contributed by atoms with Gasteiger partial charge in [0.2, 0.25) is 5.91 Å². The zero-order valence-electron chi connectivity index (χ0n) is 13.3. The van der Waals surface area contributed by atoms with Crippen LogP contribution < -0.4 is 10.6 Å². The van der Waals surface area contributed by atoms with Crippen molar-refractivity contribution in [3.63, 3.8) is 0 Å². The summed E-state index contributed by atoms with van der Waals surface area (Å²) >= 11 is 1.16. The molecule has 1 unspecified atom stereocenters. The molecule has 134 valence electrons. The number of thioether (sulfide) groups is 1. The number of anilines is 1. The van der Waals surface area contributed by atoms with Gasteiger partial charge in [0.25, 0.3) is 5.91 Å². The predicted octanol–water partition coefficient (Wildman–Crippen LogP) is 2.67. The molecular weight excluding hydrogens is 357 g/mol. The van der Waals surface area contributed by atoms with Crippen LogP contribution in [0.3, 0.4) is 0 Å². The highest BCUT2D eigenvalue weighted by molar-refractivity contribution is 8.01. The van der Waals surface area contributed by atoms with Crippen LogP contribution >= 0.6 is 11.8 Å². The Morgan fingerprint density at radius 1 is 1.32 bits per heavy atom. The lowest BCUT2D eigenvalue weighted by Crippen LogP contribution is -2.37. The molecule has 0 aromatic heterocycles. The molecule has 1 atom stereocenters. The van der Waals surface area contributed by atoms with E-state index in [0.29, 0.717) is 11.6 Å². The van der Waals surface area contributed by atoms with Crippen LogP contribution in [0.1, 0.15) is 19.4 Å². The number of halogens is 3. The van der Waals surface area contributed by atoms with Gasteiger partial charge < -0.3 is 10.6 Å². The zero-order chi connectivity index (χ0) is 18.6. The summed E-state index contributed by atoms with van der Waals surface area (Å²) < 4.78 is 38.3. The molecule has 1 fully saturated rings. The number of alkyl halides is 3. The second-order valence-corrected chi connectivity index (χ2v) is 6.39. The van der Waals surface area contributed by atoms with Gasteiger partial charge in [-0.15, -0.1) is 16.9 Å². The van der Waals surface area contributed by atoms with Crippen molar-refractivity contribution in [3.8, 4) is 0 Å². The summed E-state index contributed by atoms with van der Waals surface area (Å²) in [5, 5.41) is 11.6. The molecule has 25 heavy (non-hydrogen) atoms. The fraction of sp³-hybridized carbons (Fsp3) is 0.333. The first-order valence-corrected chi connectivity index (χ1v) is 8.20. The smallest absolute Gasteiger partial charge is 0.346 e. The summed E-state index contributed by atoms with van der Waals surface area (Å²) in [6.07, 6.45) is -4.53. The molecule has 2 amide bonds. The number of nitrogens with one attached hydrogen (secondary N) is 2. The Balaban J connectivity index is 2.27. The van der Waals surface area contributed by atoms with Crippen LogP contribution in [0.15, 0.2) is 34.5 Å². The molecule has 0 bridgehead atoms. The highest BCUT2D eigenvalue weighted by atomic mass is 32.2. The molecule has 1 aromatic carbocycles. The molecule has 1 saturated heterocycles. The maximum atomic E-state index is 12.8. The minimum absolute atomic E-state index is 0.0480. The first kappa shape index (κ1) is 19.0. The van der Waals surface area contributed by atoms with Gasteiger partial charge in [-0.25, -0.2) is 0 Å². The van der Waals surface area contributed by atoms with Gasteiger partial charge in [-0.3, -0.25) is 9.59 Å². The molecule has 1 heterocycles. The van der Waals surface area contributed by atoms with Gasteiger partial charge in [0.1, 0.15) is 5.25 Å². The van der Waals surface area contributed by atoms with Gasteiger partial charge in [-0.1, -0.05) is 6.07 Å². The quantitative estimate of drug-likeness (QED) is 0.630. The number of carbonyl (C=O) groups excluding carboxylic acids is 2. The predicted molar refractivity (Wildman–Crippen MR) is 90.7 cm³/mol. The minimum Gasteiger partial charge on any atom is -0.346 e. The van der Waals surface area contributed by atoms with E-state index in [4.69, 9.17) is 0 Å². The number of benzene rings is 1. The van der Waals surface area contributed by atoms with Crippen molar-refractivity contribution < 1.29 is 22.8 Å². The number of hydrogen-bond acceptors (Lipinski definition) is 5. The summed E-state index contributed by atoms with van der Waals surface area (Å²) in [5.74, 6) is -0.862. The Kier molecular flexibility index (Phi) is 5.83. The van der Waals surface area contributed by atoms with E-state index >= 15 is 0 Å². The molecule has 1 aliphatic rings. The maximum Gasteiger partial charge on any atom is 0.416 e. The maximum absolute atomic E-state index is 12.8. The topological polar surface area (TPSA) is 82.9 Å². The number of amides is 2. The number of nitrogens with zero attached hydrogens (tertiary/aromatic N) is 2. The lowest BCUT2D eigenvalue weighted by Gasteiger charge is -2.12. The zero-order valence-corrected chi connectivity index (χ0v) is 14.2. The van der Waals surface area contributed by atoms with E-state index in [9.17, 15) is 22.8 Å². The van der Waals surface area contributed by atoms with Gasteiger partial charge in [0.05, 0.1) is 11.4 Å². The van der Waals surface area contributed by atoms with Crippen molar-refractivity contribution in [3.05, 3.63) is 29.8 Å². The second-order valence-electron chi connectivity index (χ2n) is 5.30. The molecule has 6 nitrogen and oxygen atoms in total. The van der Waals surface area contributed by atoms with Crippen molar-refractivity contribution in [2.45, 2.75) is 25.3 Å². The fourth-order valence-corrected chi connectivity index (χ4v) is 2.85. The van der Waals surface area contributed by atoms with E-state index in [0.717, 1.165) is 23.9 Å². The molecule has 0 radical (unpaired) electrons. The molecule has 0 aliphatic carbocycles. The summed E-state index contributed by atoms with van der Waals surface area (Å²) in [6.45, 7) is 3.32.